The Hall–Kier alpha value is -1.77. The molecule has 28 heavy (non-hydrogen) atoms. The van der Waals surface area contributed by atoms with Gasteiger partial charge in [0, 0.05) is 18.5 Å². The molecule has 1 saturated heterocycles. The zero-order valence-electron chi connectivity index (χ0n) is 17.1. The highest BCUT2D eigenvalue weighted by molar-refractivity contribution is 7.89. The van der Waals surface area contributed by atoms with Gasteiger partial charge in [0.05, 0.1) is 11.4 Å². The summed E-state index contributed by atoms with van der Waals surface area (Å²) in [5, 5.41) is 4.08. The van der Waals surface area contributed by atoms with Crippen LogP contribution in [0.15, 0.2) is 33.7 Å². The van der Waals surface area contributed by atoms with Crippen LogP contribution in [0.1, 0.15) is 50.9 Å². The first-order valence-corrected chi connectivity index (χ1v) is 11.2. The zero-order valence-corrected chi connectivity index (χ0v) is 17.9. The van der Waals surface area contributed by atoms with Crippen molar-refractivity contribution in [3.63, 3.8) is 0 Å². The average molecular weight is 407 g/mol. The summed E-state index contributed by atoms with van der Waals surface area (Å²) in [6.07, 6.45) is 2.03. The Bertz CT molecular complexity index is 885. The molecule has 8 heteroatoms. The van der Waals surface area contributed by atoms with Crippen LogP contribution >= 0.6 is 0 Å². The van der Waals surface area contributed by atoms with Crippen LogP contribution < -0.4 is 4.72 Å². The normalized spacial score (nSPS) is 19.1. The molecule has 3 rings (SSSR count). The molecule has 1 aromatic carbocycles. The van der Waals surface area contributed by atoms with Gasteiger partial charge in [-0.25, -0.2) is 13.1 Å². The largest absolute Gasteiger partial charge is 0.338 e. The quantitative estimate of drug-likeness (QED) is 0.794. The number of nitrogens with one attached hydrogen (secondary N) is 1. The van der Waals surface area contributed by atoms with Crippen LogP contribution in [0.25, 0.3) is 0 Å². The van der Waals surface area contributed by atoms with E-state index in [1.165, 1.54) is 0 Å². The maximum absolute atomic E-state index is 12.5. The highest BCUT2D eigenvalue weighted by Crippen LogP contribution is 2.21. The van der Waals surface area contributed by atoms with Gasteiger partial charge >= 0.3 is 0 Å². The number of piperidine rings is 1. The molecule has 0 bridgehead atoms. The van der Waals surface area contributed by atoms with Gasteiger partial charge in [-0.1, -0.05) is 43.6 Å². The number of likely N-dealkylation sites (tertiary alicyclic amines) is 1. The number of hydrogen-bond donors (Lipinski definition) is 1. The topological polar surface area (TPSA) is 88.3 Å². The van der Waals surface area contributed by atoms with Crippen molar-refractivity contribution in [3.05, 3.63) is 41.5 Å². The van der Waals surface area contributed by atoms with Crippen molar-refractivity contribution in [3.8, 4) is 0 Å². The van der Waals surface area contributed by atoms with E-state index in [0.29, 0.717) is 29.7 Å². The maximum Gasteiger partial charge on any atom is 0.240 e. The fourth-order valence-corrected chi connectivity index (χ4v) is 4.42. The first kappa shape index (κ1) is 21.0. The number of aromatic nitrogens is 2. The first-order chi connectivity index (χ1) is 13.1. The fraction of sp³-hybridized carbons (Fsp3) is 0.600. The fourth-order valence-electron chi connectivity index (χ4n) is 3.30. The summed E-state index contributed by atoms with van der Waals surface area (Å²) in [5.74, 6) is 1.59. The van der Waals surface area contributed by atoms with Crippen LogP contribution in [0.2, 0.25) is 0 Å². The molecule has 0 aliphatic carbocycles. The van der Waals surface area contributed by atoms with E-state index in [4.69, 9.17) is 4.52 Å². The van der Waals surface area contributed by atoms with Crippen LogP contribution in [0.3, 0.4) is 0 Å². The van der Waals surface area contributed by atoms with Gasteiger partial charge in [0.25, 0.3) is 0 Å². The van der Waals surface area contributed by atoms with E-state index in [0.717, 1.165) is 31.5 Å². The maximum atomic E-state index is 12.5. The lowest BCUT2D eigenvalue weighted by atomic mass is 9.96. The lowest BCUT2D eigenvalue weighted by Gasteiger charge is -2.31. The molecule has 154 valence electrons. The Balaban J connectivity index is 1.55. The number of hydrogen-bond acceptors (Lipinski definition) is 6. The average Bonchev–Trinajstić information content (AvgIpc) is 3.10. The molecule has 0 saturated carbocycles. The minimum atomic E-state index is -3.48. The van der Waals surface area contributed by atoms with Crippen LogP contribution in [0.5, 0.6) is 0 Å². The number of aryl methyl sites for hydroxylation is 1. The molecule has 7 nitrogen and oxygen atoms in total. The molecule has 0 amide bonds. The summed E-state index contributed by atoms with van der Waals surface area (Å²) < 4.78 is 33.2. The second-order valence-corrected chi connectivity index (χ2v) is 10.4. The van der Waals surface area contributed by atoms with Crippen molar-refractivity contribution in [1.82, 2.24) is 19.8 Å². The monoisotopic (exact) mass is 406 g/mol. The Morgan fingerprint density at radius 2 is 1.96 bits per heavy atom. The molecule has 1 aromatic heterocycles. The second-order valence-electron chi connectivity index (χ2n) is 8.67. The SMILES string of the molecule is Cc1ccc(S(=O)(=O)NCC2CCCN(Cc3nc(C(C)(C)C)no3)C2)cc1. The Kier molecular flexibility index (Phi) is 6.21. The smallest absolute Gasteiger partial charge is 0.240 e. The molecule has 1 fully saturated rings. The Morgan fingerprint density at radius 1 is 1.25 bits per heavy atom. The second kappa shape index (κ2) is 8.31. The molecule has 1 aliphatic heterocycles. The lowest BCUT2D eigenvalue weighted by Crippen LogP contribution is -2.40. The van der Waals surface area contributed by atoms with Crippen molar-refractivity contribution < 1.29 is 12.9 Å². The molecule has 1 unspecified atom stereocenters. The van der Waals surface area contributed by atoms with Crippen LogP contribution in [-0.2, 0) is 22.0 Å². The van der Waals surface area contributed by atoms with Gasteiger partial charge in [-0.15, -0.1) is 0 Å². The highest BCUT2D eigenvalue weighted by Gasteiger charge is 2.25. The van der Waals surface area contributed by atoms with Crippen molar-refractivity contribution in [2.24, 2.45) is 5.92 Å². The minimum absolute atomic E-state index is 0.138. The number of nitrogens with zero attached hydrogens (tertiary/aromatic N) is 3. The Morgan fingerprint density at radius 3 is 2.61 bits per heavy atom. The van der Waals surface area contributed by atoms with E-state index < -0.39 is 10.0 Å². The van der Waals surface area contributed by atoms with Crippen molar-refractivity contribution >= 4 is 10.0 Å². The summed E-state index contributed by atoms with van der Waals surface area (Å²) >= 11 is 0. The molecule has 2 aromatic rings. The molecule has 1 aliphatic rings. The molecule has 2 heterocycles. The number of rotatable bonds is 6. The number of benzene rings is 1. The summed E-state index contributed by atoms with van der Waals surface area (Å²) in [7, 11) is -3.48. The van der Waals surface area contributed by atoms with E-state index >= 15 is 0 Å². The zero-order chi connectivity index (χ0) is 20.4. The van der Waals surface area contributed by atoms with Crippen LogP contribution in [0.4, 0.5) is 0 Å². The third-order valence-electron chi connectivity index (χ3n) is 4.99. The standard InChI is InChI=1S/C20H30N4O3S/c1-15-7-9-17(10-8-15)28(25,26)21-12-16-6-5-11-24(13-16)14-18-22-19(23-27-18)20(2,3)4/h7-10,16,21H,5-6,11-14H2,1-4H3. The predicted octanol–water partition coefficient (Wildman–Crippen LogP) is 2.87. The van der Waals surface area contributed by atoms with E-state index in [-0.39, 0.29) is 11.3 Å². The first-order valence-electron chi connectivity index (χ1n) is 9.75. The van der Waals surface area contributed by atoms with Crippen molar-refractivity contribution in [2.75, 3.05) is 19.6 Å². The van der Waals surface area contributed by atoms with E-state index in [1.54, 1.807) is 12.1 Å². The third kappa shape index (κ3) is 5.40. The van der Waals surface area contributed by atoms with Crippen molar-refractivity contribution in [1.29, 1.82) is 0 Å². The Labute approximate surface area is 167 Å². The van der Waals surface area contributed by atoms with Gasteiger partial charge in [-0.2, -0.15) is 4.98 Å². The molecule has 1 atom stereocenters. The van der Waals surface area contributed by atoms with Gasteiger partial charge in [0.15, 0.2) is 5.82 Å². The summed E-state index contributed by atoms with van der Waals surface area (Å²) in [4.78, 5) is 7.07. The van der Waals surface area contributed by atoms with E-state index in [9.17, 15) is 8.42 Å². The molecule has 0 spiro atoms. The summed E-state index contributed by atoms with van der Waals surface area (Å²) in [6, 6.07) is 6.92. The molecule has 0 radical (unpaired) electrons. The predicted molar refractivity (Wildman–Crippen MR) is 107 cm³/mol. The minimum Gasteiger partial charge on any atom is -0.338 e. The van der Waals surface area contributed by atoms with Crippen molar-refractivity contribution in [2.45, 2.75) is 57.4 Å². The number of sulfonamides is 1. The summed E-state index contributed by atoms with van der Waals surface area (Å²) in [5.41, 5.74) is 0.901. The van der Waals surface area contributed by atoms with Crippen LogP contribution in [0, 0.1) is 12.8 Å². The highest BCUT2D eigenvalue weighted by atomic mass is 32.2. The molecular formula is C20H30N4O3S. The van der Waals surface area contributed by atoms with Gasteiger partial charge in [-0.05, 0) is 44.4 Å². The van der Waals surface area contributed by atoms with Gasteiger partial charge in [-0.3, -0.25) is 4.90 Å². The van der Waals surface area contributed by atoms with E-state index in [2.05, 4.69) is 40.5 Å². The van der Waals surface area contributed by atoms with Gasteiger partial charge in [0.1, 0.15) is 0 Å². The molecule has 1 N–H and O–H groups in total. The third-order valence-corrected chi connectivity index (χ3v) is 6.43. The molecular weight excluding hydrogens is 376 g/mol. The van der Waals surface area contributed by atoms with Gasteiger partial charge in [0.2, 0.25) is 15.9 Å². The van der Waals surface area contributed by atoms with Crippen LogP contribution in [-0.4, -0.2) is 43.1 Å². The van der Waals surface area contributed by atoms with Gasteiger partial charge < -0.3 is 4.52 Å². The summed E-state index contributed by atoms with van der Waals surface area (Å²) in [6.45, 7) is 10.9. The lowest BCUT2D eigenvalue weighted by molar-refractivity contribution is 0.151. The van der Waals surface area contributed by atoms with E-state index in [1.807, 2.05) is 19.1 Å².